The van der Waals surface area contributed by atoms with Crippen molar-refractivity contribution in [3.63, 3.8) is 0 Å². The fourth-order valence-corrected chi connectivity index (χ4v) is 2.51. The van der Waals surface area contributed by atoms with Crippen LogP contribution in [0, 0.1) is 5.92 Å². The van der Waals surface area contributed by atoms with E-state index in [0.29, 0.717) is 24.8 Å². The molecule has 6 nitrogen and oxygen atoms in total. The van der Waals surface area contributed by atoms with E-state index in [-0.39, 0.29) is 11.9 Å². The Balaban J connectivity index is 2.23. The van der Waals surface area contributed by atoms with Crippen molar-refractivity contribution in [1.29, 1.82) is 0 Å². The standard InChI is InChI=1S/C20H29N3O3/c1-5-6-7-8-9-18(24)23-19(16-10-12-17(25-4)13-11-16)21-20(22-23)26-14-15(2)3/h10-13,15H,5-9,14H2,1-4H3. The van der Waals surface area contributed by atoms with E-state index in [1.54, 1.807) is 7.11 Å². The number of aromatic nitrogens is 3. The summed E-state index contributed by atoms with van der Waals surface area (Å²) in [4.78, 5) is 17.1. The minimum Gasteiger partial charge on any atom is -0.497 e. The average molecular weight is 359 g/mol. The quantitative estimate of drug-likeness (QED) is 0.580. The number of benzene rings is 1. The highest BCUT2D eigenvalue weighted by atomic mass is 16.5. The first-order valence-corrected chi connectivity index (χ1v) is 9.32. The van der Waals surface area contributed by atoms with Crippen molar-refractivity contribution in [2.45, 2.75) is 52.9 Å². The van der Waals surface area contributed by atoms with Crippen molar-refractivity contribution in [3.05, 3.63) is 24.3 Å². The number of carbonyl (C=O) groups is 1. The summed E-state index contributed by atoms with van der Waals surface area (Å²) in [6.45, 7) is 6.77. The molecular weight excluding hydrogens is 330 g/mol. The molecule has 0 radical (unpaired) electrons. The van der Waals surface area contributed by atoms with Gasteiger partial charge in [-0.15, -0.1) is 5.10 Å². The average Bonchev–Trinajstić information content (AvgIpc) is 3.08. The second kappa shape index (κ2) is 9.94. The molecule has 0 N–H and O–H groups in total. The molecule has 26 heavy (non-hydrogen) atoms. The third-order valence-corrected chi connectivity index (χ3v) is 3.96. The van der Waals surface area contributed by atoms with Gasteiger partial charge in [0.05, 0.1) is 13.7 Å². The number of nitrogens with zero attached hydrogens (tertiary/aromatic N) is 3. The predicted molar refractivity (Wildman–Crippen MR) is 102 cm³/mol. The minimum absolute atomic E-state index is 0.0566. The Morgan fingerprint density at radius 2 is 1.88 bits per heavy atom. The third-order valence-electron chi connectivity index (χ3n) is 3.96. The molecule has 1 aromatic carbocycles. The van der Waals surface area contributed by atoms with E-state index >= 15 is 0 Å². The number of hydrogen-bond donors (Lipinski definition) is 0. The van der Waals surface area contributed by atoms with Crippen LogP contribution in [0.25, 0.3) is 11.4 Å². The van der Waals surface area contributed by atoms with Crippen LogP contribution in [0.4, 0.5) is 0 Å². The van der Waals surface area contributed by atoms with Gasteiger partial charge in [0.1, 0.15) is 5.75 Å². The van der Waals surface area contributed by atoms with Crippen LogP contribution in [0.3, 0.4) is 0 Å². The van der Waals surface area contributed by atoms with E-state index in [4.69, 9.17) is 9.47 Å². The fourth-order valence-electron chi connectivity index (χ4n) is 2.51. The van der Waals surface area contributed by atoms with Gasteiger partial charge in [-0.3, -0.25) is 4.79 Å². The molecule has 1 heterocycles. The first kappa shape index (κ1) is 19.9. The number of ether oxygens (including phenoxy) is 2. The summed E-state index contributed by atoms with van der Waals surface area (Å²) in [6, 6.07) is 7.67. The number of carbonyl (C=O) groups excluding carboxylic acids is 1. The van der Waals surface area contributed by atoms with E-state index in [2.05, 4.69) is 30.9 Å². The smallest absolute Gasteiger partial charge is 0.336 e. The Kier molecular flexibility index (Phi) is 7.63. The maximum Gasteiger partial charge on any atom is 0.336 e. The monoisotopic (exact) mass is 359 g/mol. The molecule has 0 atom stereocenters. The van der Waals surface area contributed by atoms with E-state index in [0.717, 1.165) is 37.0 Å². The summed E-state index contributed by atoms with van der Waals surface area (Å²) in [5.74, 6) is 1.56. The molecule has 0 aliphatic heterocycles. The van der Waals surface area contributed by atoms with Crippen LogP contribution in [0.5, 0.6) is 11.8 Å². The number of rotatable bonds is 10. The highest BCUT2D eigenvalue weighted by Crippen LogP contribution is 2.23. The molecule has 0 aliphatic rings. The lowest BCUT2D eigenvalue weighted by atomic mass is 10.1. The van der Waals surface area contributed by atoms with Crippen molar-refractivity contribution in [1.82, 2.24) is 14.8 Å². The number of hydrogen-bond acceptors (Lipinski definition) is 5. The summed E-state index contributed by atoms with van der Waals surface area (Å²) in [7, 11) is 1.62. The number of methoxy groups -OCH3 is 1. The molecule has 6 heteroatoms. The van der Waals surface area contributed by atoms with E-state index < -0.39 is 0 Å². The maximum absolute atomic E-state index is 12.7. The molecule has 0 saturated carbocycles. The molecule has 0 fully saturated rings. The first-order chi connectivity index (χ1) is 12.5. The Bertz CT molecular complexity index is 693. The van der Waals surface area contributed by atoms with Crippen molar-refractivity contribution in [2.24, 2.45) is 5.92 Å². The predicted octanol–water partition coefficient (Wildman–Crippen LogP) is 4.60. The van der Waals surface area contributed by atoms with Gasteiger partial charge in [-0.05, 0) is 36.6 Å². The molecule has 0 spiro atoms. The van der Waals surface area contributed by atoms with Gasteiger partial charge in [0.15, 0.2) is 5.82 Å². The Morgan fingerprint density at radius 3 is 2.50 bits per heavy atom. The second-order valence-electron chi connectivity index (χ2n) is 6.77. The number of unbranched alkanes of at least 4 members (excludes halogenated alkanes) is 3. The minimum atomic E-state index is -0.0566. The van der Waals surface area contributed by atoms with Gasteiger partial charge >= 0.3 is 6.01 Å². The molecule has 0 aliphatic carbocycles. The van der Waals surface area contributed by atoms with Crippen LogP contribution in [-0.4, -0.2) is 34.4 Å². The maximum atomic E-state index is 12.7. The molecule has 2 rings (SSSR count). The zero-order valence-corrected chi connectivity index (χ0v) is 16.2. The first-order valence-electron chi connectivity index (χ1n) is 9.32. The molecular formula is C20H29N3O3. The van der Waals surface area contributed by atoms with Gasteiger partial charge in [-0.25, -0.2) is 0 Å². The van der Waals surface area contributed by atoms with E-state index in [1.807, 2.05) is 24.3 Å². The van der Waals surface area contributed by atoms with Crippen molar-refractivity contribution in [2.75, 3.05) is 13.7 Å². The van der Waals surface area contributed by atoms with E-state index in [9.17, 15) is 4.79 Å². The van der Waals surface area contributed by atoms with Gasteiger partial charge in [-0.1, -0.05) is 40.0 Å². The highest BCUT2D eigenvalue weighted by Gasteiger charge is 2.18. The topological polar surface area (TPSA) is 66.2 Å². The van der Waals surface area contributed by atoms with Crippen molar-refractivity contribution >= 4 is 5.91 Å². The van der Waals surface area contributed by atoms with Crippen molar-refractivity contribution < 1.29 is 14.3 Å². The third kappa shape index (κ3) is 5.58. The summed E-state index contributed by atoms with van der Waals surface area (Å²) < 4.78 is 12.2. The molecule has 0 amide bonds. The normalized spacial score (nSPS) is 11.0. The zero-order chi connectivity index (χ0) is 18.9. The van der Waals surface area contributed by atoms with Crippen LogP contribution < -0.4 is 9.47 Å². The lowest BCUT2D eigenvalue weighted by Gasteiger charge is -2.05. The zero-order valence-electron chi connectivity index (χ0n) is 16.2. The molecule has 0 bridgehead atoms. The lowest BCUT2D eigenvalue weighted by Crippen LogP contribution is -2.14. The second-order valence-corrected chi connectivity index (χ2v) is 6.77. The van der Waals surface area contributed by atoms with Crippen LogP contribution in [-0.2, 0) is 0 Å². The van der Waals surface area contributed by atoms with Crippen LogP contribution >= 0.6 is 0 Å². The highest BCUT2D eigenvalue weighted by molar-refractivity contribution is 5.82. The van der Waals surface area contributed by atoms with Crippen molar-refractivity contribution in [3.8, 4) is 23.1 Å². The largest absolute Gasteiger partial charge is 0.497 e. The molecule has 0 unspecified atom stereocenters. The molecule has 142 valence electrons. The van der Waals surface area contributed by atoms with Gasteiger partial charge in [-0.2, -0.15) is 9.67 Å². The van der Waals surface area contributed by atoms with Crippen LogP contribution in [0.15, 0.2) is 24.3 Å². The van der Waals surface area contributed by atoms with Crippen LogP contribution in [0.1, 0.15) is 57.7 Å². The summed E-state index contributed by atoms with van der Waals surface area (Å²) in [6.07, 6.45) is 4.64. The van der Waals surface area contributed by atoms with E-state index in [1.165, 1.54) is 4.68 Å². The van der Waals surface area contributed by atoms with Crippen LogP contribution in [0.2, 0.25) is 0 Å². The lowest BCUT2D eigenvalue weighted by molar-refractivity contribution is 0.0882. The summed E-state index contributed by atoms with van der Waals surface area (Å²) in [5, 5.41) is 4.30. The molecule has 2 aromatic rings. The summed E-state index contributed by atoms with van der Waals surface area (Å²) >= 11 is 0. The van der Waals surface area contributed by atoms with Gasteiger partial charge < -0.3 is 9.47 Å². The Hall–Kier alpha value is -2.37. The SMILES string of the molecule is CCCCCCC(=O)n1nc(OCC(C)C)nc1-c1ccc(OC)cc1. The van der Waals surface area contributed by atoms with Gasteiger partial charge in [0.25, 0.3) is 0 Å². The molecule has 1 aromatic heterocycles. The van der Waals surface area contributed by atoms with Gasteiger partial charge in [0, 0.05) is 12.0 Å². The van der Waals surface area contributed by atoms with Gasteiger partial charge in [0.2, 0.25) is 5.91 Å². The Morgan fingerprint density at radius 1 is 1.15 bits per heavy atom. The summed E-state index contributed by atoms with van der Waals surface area (Å²) in [5.41, 5.74) is 0.805. The molecule has 0 saturated heterocycles. The Labute approximate surface area is 155 Å². The fraction of sp³-hybridized carbons (Fsp3) is 0.550.